The van der Waals surface area contributed by atoms with Gasteiger partial charge in [-0.1, -0.05) is 18.2 Å². The molecule has 1 rings (SSSR count). The molecule has 0 fully saturated rings. The molecular formula is C12H14O4. The lowest BCUT2D eigenvalue weighted by Crippen LogP contribution is -2.03. The predicted molar refractivity (Wildman–Crippen MR) is 59.1 cm³/mol. The highest BCUT2D eigenvalue weighted by atomic mass is 16.5. The van der Waals surface area contributed by atoms with E-state index in [1.807, 2.05) is 6.07 Å². The lowest BCUT2D eigenvalue weighted by molar-refractivity contribution is -0.132. The number of carboxylic acids is 1. The number of hydrogen-bond acceptors (Lipinski definition) is 3. The fourth-order valence-electron chi connectivity index (χ4n) is 1.12. The number of aliphatic carboxylic acids is 1. The fraction of sp³-hybridized carbons (Fsp3) is 0.250. The van der Waals surface area contributed by atoms with E-state index in [9.17, 15) is 4.79 Å². The highest BCUT2D eigenvalue weighted by Crippen LogP contribution is 2.11. The zero-order chi connectivity index (χ0) is 11.8. The molecule has 0 saturated heterocycles. The van der Waals surface area contributed by atoms with Crippen molar-refractivity contribution in [3.05, 3.63) is 42.2 Å². The summed E-state index contributed by atoms with van der Waals surface area (Å²) in [7, 11) is 0. The molecule has 0 unspecified atom stereocenters. The molecule has 0 radical (unpaired) electrons. The van der Waals surface area contributed by atoms with Crippen molar-refractivity contribution in [1.29, 1.82) is 0 Å². The molecule has 4 nitrogen and oxygen atoms in total. The number of rotatable bonds is 6. The van der Waals surface area contributed by atoms with E-state index in [0.717, 1.165) is 0 Å². The van der Waals surface area contributed by atoms with E-state index in [-0.39, 0.29) is 12.2 Å². The van der Waals surface area contributed by atoms with E-state index in [2.05, 4.69) is 0 Å². The fourth-order valence-corrected chi connectivity index (χ4v) is 1.12. The number of aliphatic hydroxyl groups excluding tert-OH is 1. The van der Waals surface area contributed by atoms with Gasteiger partial charge in [0.1, 0.15) is 12.0 Å². The maximum atomic E-state index is 10.8. The van der Waals surface area contributed by atoms with Gasteiger partial charge in [0.2, 0.25) is 0 Å². The molecule has 0 spiro atoms. The van der Waals surface area contributed by atoms with Gasteiger partial charge in [0.25, 0.3) is 0 Å². The average Bonchev–Trinajstić information content (AvgIpc) is 2.30. The number of hydrogen-bond donors (Lipinski definition) is 2. The Hall–Kier alpha value is -1.81. The third-order valence-corrected chi connectivity index (χ3v) is 1.96. The summed E-state index contributed by atoms with van der Waals surface area (Å²) in [6, 6.07) is 8.93. The first-order chi connectivity index (χ1) is 7.74. The minimum Gasteiger partial charge on any atom is -0.478 e. The largest absolute Gasteiger partial charge is 0.478 e. The van der Waals surface area contributed by atoms with Crippen LogP contribution in [-0.4, -0.2) is 22.8 Å². The minimum atomic E-state index is -1.02. The molecule has 0 amide bonds. The van der Waals surface area contributed by atoms with Crippen molar-refractivity contribution in [2.24, 2.45) is 0 Å². The van der Waals surface area contributed by atoms with Crippen LogP contribution in [-0.2, 0) is 4.79 Å². The summed E-state index contributed by atoms with van der Waals surface area (Å²) < 4.78 is 5.20. The smallest absolute Gasteiger partial charge is 0.334 e. The van der Waals surface area contributed by atoms with Crippen LogP contribution < -0.4 is 4.74 Å². The summed E-state index contributed by atoms with van der Waals surface area (Å²) in [6.07, 6.45) is 1.92. The highest BCUT2D eigenvalue weighted by molar-refractivity contribution is 5.86. The maximum Gasteiger partial charge on any atom is 0.334 e. The lowest BCUT2D eigenvalue weighted by Gasteiger charge is -2.03. The second kappa shape index (κ2) is 6.63. The van der Waals surface area contributed by atoms with Crippen LogP contribution >= 0.6 is 0 Å². The molecule has 0 atom stereocenters. The van der Waals surface area contributed by atoms with Crippen LogP contribution in [0.4, 0.5) is 0 Å². The summed E-state index contributed by atoms with van der Waals surface area (Å²) in [5.41, 5.74) is 0.151. The van der Waals surface area contributed by atoms with Crippen molar-refractivity contribution in [3.63, 3.8) is 0 Å². The first-order valence-corrected chi connectivity index (χ1v) is 4.99. The Balaban J connectivity index is 2.61. The summed E-state index contributed by atoms with van der Waals surface area (Å²) in [6.45, 7) is -0.0318. The van der Waals surface area contributed by atoms with Gasteiger partial charge in [0.05, 0.1) is 5.57 Å². The van der Waals surface area contributed by atoms with E-state index in [1.54, 1.807) is 24.3 Å². The Kier molecular flexibility index (Phi) is 5.08. The van der Waals surface area contributed by atoms with Gasteiger partial charge < -0.3 is 14.9 Å². The maximum absolute atomic E-state index is 10.8. The second-order valence-corrected chi connectivity index (χ2v) is 3.21. The van der Waals surface area contributed by atoms with Crippen molar-refractivity contribution in [1.82, 2.24) is 0 Å². The van der Waals surface area contributed by atoms with E-state index in [0.29, 0.717) is 18.6 Å². The number of aliphatic hydroxyl groups is 1. The molecule has 0 aliphatic heterocycles. The summed E-state index contributed by atoms with van der Waals surface area (Å²) in [4.78, 5) is 10.8. The van der Waals surface area contributed by atoms with Gasteiger partial charge in [0, 0.05) is 6.61 Å². The molecule has 0 saturated carbocycles. The Morgan fingerprint density at radius 3 is 2.56 bits per heavy atom. The van der Waals surface area contributed by atoms with Crippen molar-refractivity contribution in [2.75, 3.05) is 6.61 Å². The Bertz CT molecular complexity index is 357. The quantitative estimate of drug-likeness (QED) is 0.569. The first-order valence-electron chi connectivity index (χ1n) is 4.99. The third kappa shape index (κ3) is 4.14. The molecule has 86 valence electrons. The van der Waals surface area contributed by atoms with Crippen LogP contribution in [0.5, 0.6) is 5.75 Å². The number of carbonyl (C=O) groups is 1. The summed E-state index contributed by atoms with van der Waals surface area (Å²) in [5, 5.41) is 17.5. The molecule has 1 aromatic carbocycles. The van der Waals surface area contributed by atoms with Gasteiger partial charge in [-0.3, -0.25) is 0 Å². The van der Waals surface area contributed by atoms with Crippen LogP contribution in [0.3, 0.4) is 0 Å². The topological polar surface area (TPSA) is 66.8 Å². The molecule has 0 bridgehead atoms. The molecule has 0 aromatic heterocycles. The van der Waals surface area contributed by atoms with Crippen molar-refractivity contribution >= 4 is 5.97 Å². The Morgan fingerprint density at radius 1 is 1.31 bits per heavy atom. The normalized spacial score (nSPS) is 11.2. The molecule has 0 heterocycles. The monoisotopic (exact) mass is 222 g/mol. The van der Waals surface area contributed by atoms with Crippen molar-refractivity contribution in [2.45, 2.75) is 12.8 Å². The molecular weight excluding hydrogens is 208 g/mol. The SMILES string of the molecule is O=C(O)C(=COc1ccccc1)CCCO. The molecule has 4 heteroatoms. The number of ether oxygens (including phenoxy) is 1. The number of benzene rings is 1. The van der Waals surface area contributed by atoms with Crippen molar-refractivity contribution < 1.29 is 19.7 Å². The Morgan fingerprint density at radius 2 is 2.00 bits per heavy atom. The average molecular weight is 222 g/mol. The van der Waals surface area contributed by atoms with Gasteiger partial charge in [-0.25, -0.2) is 4.79 Å². The minimum absolute atomic E-state index is 0.0318. The molecule has 16 heavy (non-hydrogen) atoms. The molecule has 1 aromatic rings. The number of carboxylic acid groups (broad SMARTS) is 1. The standard InChI is InChI=1S/C12H14O4/c13-8-4-5-10(12(14)15)9-16-11-6-2-1-3-7-11/h1-3,6-7,9,13H,4-5,8H2,(H,14,15). The zero-order valence-corrected chi connectivity index (χ0v) is 8.80. The first kappa shape index (κ1) is 12.3. The Labute approximate surface area is 93.8 Å². The van der Waals surface area contributed by atoms with Gasteiger partial charge in [-0.15, -0.1) is 0 Å². The molecule has 0 aliphatic carbocycles. The lowest BCUT2D eigenvalue weighted by atomic mass is 10.2. The van der Waals surface area contributed by atoms with E-state index in [1.165, 1.54) is 6.26 Å². The molecule has 2 N–H and O–H groups in total. The van der Waals surface area contributed by atoms with Gasteiger partial charge in [0.15, 0.2) is 0 Å². The van der Waals surface area contributed by atoms with Crippen LogP contribution in [0.25, 0.3) is 0 Å². The second-order valence-electron chi connectivity index (χ2n) is 3.21. The third-order valence-electron chi connectivity index (χ3n) is 1.96. The van der Waals surface area contributed by atoms with Crippen LogP contribution in [0.1, 0.15) is 12.8 Å². The van der Waals surface area contributed by atoms with E-state index >= 15 is 0 Å². The van der Waals surface area contributed by atoms with Gasteiger partial charge >= 0.3 is 5.97 Å². The predicted octanol–water partition coefficient (Wildman–Crippen LogP) is 1.81. The van der Waals surface area contributed by atoms with Gasteiger partial charge in [-0.2, -0.15) is 0 Å². The highest BCUT2D eigenvalue weighted by Gasteiger charge is 2.07. The van der Waals surface area contributed by atoms with Gasteiger partial charge in [-0.05, 0) is 25.0 Å². The van der Waals surface area contributed by atoms with E-state index < -0.39 is 5.97 Å². The molecule has 0 aliphatic rings. The van der Waals surface area contributed by atoms with Crippen LogP contribution in [0, 0.1) is 0 Å². The van der Waals surface area contributed by atoms with E-state index in [4.69, 9.17) is 14.9 Å². The summed E-state index contributed by atoms with van der Waals surface area (Å²) >= 11 is 0. The number of para-hydroxylation sites is 1. The summed E-state index contributed by atoms with van der Waals surface area (Å²) in [5.74, 6) is -0.436. The zero-order valence-electron chi connectivity index (χ0n) is 8.80. The van der Waals surface area contributed by atoms with Crippen LogP contribution in [0.2, 0.25) is 0 Å². The van der Waals surface area contributed by atoms with Crippen molar-refractivity contribution in [3.8, 4) is 5.75 Å². The van der Waals surface area contributed by atoms with Crippen LogP contribution in [0.15, 0.2) is 42.2 Å².